The van der Waals surface area contributed by atoms with Crippen molar-refractivity contribution < 1.29 is 28.5 Å². The van der Waals surface area contributed by atoms with Gasteiger partial charge in [-0.3, -0.25) is 9.59 Å². The summed E-state index contributed by atoms with van der Waals surface area (Å²) in [5.74, 6) is 1.86. The maximum absolute atomic E-state index is 13.1. The van der Waals surface area contributed by atoms with Crippen LogP contribution in [0.5, 0.6) is 23.0 Å². The zero-order valence-electron chi connectivity index (χ0n) is 19.9. The average Bonchev–Trinajstić information content (AvgIpc) is 2.77. The Balaban J connectivity index is 1.87. The molecule has 0 unspecified atom stereocenters. The van der Waals surface area contributed by atoms with Crippen LogP contribution in [0.3, 0.4) is 0 Å². The van der Waals surface area contributed by atoms with E-state index in [1.165, 1.54) is 0 Å². The Labute approximate surface area is 194 Å². The van der Waals surface area contributed by atoms with Crippen molar-refractivity contribution >= 4 is 23.2 Å². The fraction of sp³-hybridized carbons (Fsp3) is 0.440. The highest BCUT2D eigenvalue weighted by Gasteiger charge is 2.26. The topological polar surface area (TPSA) is 86.3 Å². The predicted molar refractivity (Wildman–Crippen MR) is 127 cm³/mol. The first-order chi connectivity index (χ1) is 15.9. The average molecular weight is 457 g/mol. The number of carbonyl (C=O) groups is 2. The predicted octanol–water partition coefficient (Wildman–Crippen LogP) is 4.52. The number of nitrogens with zero attached hydrogens (tertiary/aromatic N) is 1. The van der Waals surface area contributed by atoms with E-state index in [9.17, 15) is 9.59 Å². The molecule has 0 saturated carbocycles. The Morgan fingerprint density at radius 3 is 2.24 bits per heavy atom. The maximum Gasteiger partial charge on any atom is 0.265 e. The van der Waals surface area contributed by atoms with E-state index in [1.807, 2.05) is 20.8 Å². The second-order valence-electron chi connectivity index (χ2n) is 7.92. The number of nitrogens with one attached hydrogen (secondary N) is 1. The van der Waals surface area contributed by atoms with Crippen LogP contribution in [0.4, 0.5) is 11.4 Å². The van der Waals surface area contributed by atoms with Crippen molar-refractivity contribution in [3.05, 3.63) is 35.9 Å². The molecular weight excluding hydrogens is 424 g/mol. The lowest BCUT2D eigenvalue weighted by Crippen LogP contribution is -2.40. The number of rotatable bonds is 10. The normalized spacial score (nSPS) is 12.8. The number of fused-ring (bicyclic) bond motifs is 1. The molecule has 1 aliphatic heterocycles. The summed E-state index contributed by atoms with van der Waals surface area (Å²) in [7, 11) is 0. The van der Waals surface area contributed by atoms with Crippen LogP contribution in [0.15, 0.2) is 30.3 Å². The highest BCUT2D eigenvalue weighted by atomic mass is 16.5. The second kappa shape index (κ2) is 10.9. The Morgan fingerprint density at radius 2 is 1.67 bits per heavy atom. The number of benzene rings is 2. The van der Waals surface area contributed by atoms with Gasteiger partial charge < -0.3 is 29.2 Å². The van der Waals surface area contributed by atoms with Gasteiger partial charge in [-0.1, -0.05) is 13.8 Å². The van der Waals surface area contributed by atoms with E-state index >= 15 is 0 Å². The lowest BCUT2D eigenvalue weighted by Gasteiger charge is -2.31. The van der Waals surface area contributed by atoms with Crippen LogP contribution in [0.1, 0.15) is 45.0 Å². The first-order valence-corrected chi connectivity index (χ1v) is 11.3. The quantitative estimate of drug-likeness (QED) is 0.566. The van der Waals surface area contributed by atoms with Gasteiger partial charge in [0.15, 0.2) is 18.1 Å². The number of hydrogen-bond acceptors (Lipinski definition) is 6. The molecule has 8 nitrogen and oxygen atoms in total. The summed E-state index contributed by atoms with van der Waals surface area (Å²) in [4.78, 5) is 27.1. The molecule has 1 heterocycles. The minimum Gasteiger partial charge on any atom is -0.490 e. The lowest BCUT2D eigenvalue weighted by atomic mass is 10.1. The molecule has 3 rings (SSSR count). The molecule has 0 saturated heterocycles. The summed E-state index contributed by atoms with van der Waals surface area (Å²) in [5.41, 5.74) is 1.64. The number of anilines is 2. The largest absolute Gasteiger partial charge is 0.490 e. The number of hydrogen-bond donors (Lipinski definition) is 1. The van der Waals surface area contributed by atoms with Crippen LogP contribution in [-0.4, -0.2) is 44.8 Å². The summed E-state index contributed by atoms with van der Waals surface area (Å²) >= 11 is 0. The summed E-state index contributed by atoms with van der Waals surface area (Å²) < 4.78 is 22.7. The van der Waals surface area contributed by atoms with E-state index < -0.39 is 0 Å². The lowest BCUT2D eigenvalue weighted by molar-refractivity contribution is -0.121. The number of carbonyl (C=O) groups excluding carboxylic acids is 2. The Kier molecular flexibility index (Phi) is 8.03. The molecule has 2 aromatic carbocycles. The third kappa shape index (κ3) is 5.69. The monoisotopic (exact) mass is 456 g/mol. The first kappa shape index (κ1) is 24.2. The van der Waals surface area contributed by atoms with Gasteiger partial charge in [-0.25, -0.2) is 0 Å². The Morgan fingerprint density at radius 1 is 1.03 bits per heavy atom. The third-order valence-corrected chi connectivity index (χ3v) is 4.88. The van der Waals surface area contributed by atoms with Gasteiger partial charge in [-0.2, -0.15) is 0 Å². The van der Waals surface area contributed by atoms with E-state index in [-0.39, 0.29) is 18.4 Å². The molecule has 1 N–H and O–H groups in total. The van der Waals surface area contributed by atoms with Crippen molar-refractivity contribution in [2.45, 2.75) is 34.6 Å². The minimum absolute atomic E-state index is 0.0224. The number of ether oxygens (including phenoxy) is 4. The van der Waals surface area contributed by atoms with Crippen molar-refractivity contribution in [2.75, 3.05) is 43.2 Å². The SMILES string of the molecule is CCOc1cc(C(=O)Nc2ccc3c(c2)OCC(=O)N3CC(C)C)cc(OCC)c1OCC. The molecule has 0 fully saturated rings. The molecule has 0 aromatic heterocycles. The summed E-state index contributed by atoms with van der Waals surface area (Å²) in [5, 5.41) is 2.89. The fourth-order valence-corrected chi connectivity index (χ4v) is 3.57. The molecule has 2 aromatic rings. The van der Waals surface area contributed by atoms with E-state index in [0.29, 0.717) is 72.2 Å². The minimum atomic E-state index is -0.328. The van der Waals surface area contributed by atoms with Gasteiger partial charge >= 0.3 is 0 Å². The molecule has 0 spiro atoms. The van der Waals surface area contributed by atoms with Gasteiger partial charge in [0, 0.05) is 23.9 Å². The molecule has 1 aliphatic rings. The molecule has 0 aliphatic carbocycles. The van der Waals surface area contributed by atoms with Crippen LogP contribution in [0.25, 0.3) is 0 Å². The van der Waals surface area contributed by atoms with E-state index in [4.69, 9.17) is 18.9 Å². The van der Waals surface area contributed by atoms with Crippen LogP contribution in [0.2, 0.25) is 0 Å². The van der Waals surface area contributed by atoms with Gasteiger partial charge in [0.25, 0.3) is 11.8 Å². The van der Waals surface area contributed by atoms with Crippen molar-refractivity contribution in [1.82, 2.24) is 0 Å². The molecule has 8 heteroatoms. The third-order valence-electron chi connectivity index (χ3n) is 4.88. The molecule has 0 radical (unpaired) electrons. The molecule has 0 atom stereocenters. The van der Waals surface area contributed by atoms with Crippen molar-refractivity contribution in [3.63, 3.8) is 0 Å². The second-order valence-corrected chi connectivity index (χ2v) is 7.92. The van der Waals surface area contributed by atoms with Crippen LogP contribution in [0, 0.1) is 5.92 Å². The van der Waals surface area contributed by atoms with E-state index in [2.05, 4.69) is 19.2 Å². The van der Waals surface area contributed by atoms with Crippen LogP contribution >= 0.6 is 0 Å². The summed E-state index contributed by atoms with van der Waals surface area (Å²) in [6.45, 7) is 11.6. The maximum atomic E-state index is 13.1. The Bertz CT molecular complexity index is 977. The van der Waals surface area contributed by atoms with Gasteiger partial charge in [-0.15, -0.1) is 0 Å². The van der Waals surface area contributed by atoms with Gasteiger partial charge in [0.2, 0.25) is 5.75 Å². The van der Waals surface area contributed by atoms with Crippen LogP contribution < -0.4 is 29.2 Å². The van der Waals surface area contributed by atoms with Crippen molar-refractivity contribution in [1.29, 1.82) is 0 Å². The van der Waals surface area contributed by atoms with Gasteiger partial charge in [-0.05, 0) is 51.0 Å². The first-order valence-electron chi connectivity index (χ1n) is 11.3. The van der Waals surface area contributed by atoms with E-state index in [1.54, 1.807) is 35.2 Å². The zero-order chi connectivity index (χ0) is 24.0. The molecule has 2 amide bonds. The van der Waals surface area contributed by atoms with Crippen LogP contribution in [-0.2, 0) is 4.79 Å². The highest BCUT2D eigenvalue weighted by molar-refractivity contribution is 6.06. The number of amides is 2. The highest BCUT2D eigenvalue weighted by Crippen LogP contribution is 2.40. The summed E-state index contributed by atoms with van der Waals surface area (Å²) in [6, 6.07) is 8.57. The van der Waals surface area contributed by atoms with Gasteiger partial charge in [0.05, 0.1) is 25.5 Å². The molecule has 178 valence electrons. The molecule has 0 bridgehead atoms. The smallest absolute Gasteiger partial charge is 0.265 e. The van der Waals surface area contributed by atoms with Gasteiger partial charge in [0.1, 0.15) is 5.75 Å². The fourth-order valence-electron chi connectivity index (χ4n) is 3.57. The zero-order valence-corrected chi connectivity index (χ0v) is 19.9. The standard InChI is InChI=1S/C25H32N2O6/c1-6-30-21-11-17(12-22(31-7-2)24(21)32-8-3)25(29)26-18-9-10-19-20(13-18)33-15-23(28)27(19)14-16(4)5/h9-13,16H,6-8,14-15H2,1-5H3,(H,26,29). The van der Waals surface area contributed by atoms with E-state index in [0.717, 1.165) is 0 Å². The van der Waals surface area contributed by atoms with Crippen molar-refractivity contribution in [3.8, 4) is 23.0 Å². The Hall–Kier alpha value is -3.42. The van der Waals surface area contributed by atoms with Crippen molar-refractivity contribution in [2.24, 2.45) is 5.92 Å². The molecule has 33 heavy (non-hydrogen) atoms. The summed E-state index contributed by atoms with van der Waals surface area (Å²) in [6.07, 6.45) is 0. The molecular formula is C25H32N2O6.